The molecule has 3 rings (SSSR count). The number of carbonyl (C=O) groups excluding carboxylic acids is 1. The van der Waals surface area contributed by atoms with Crippen LogP contribution in [0.25, 0.3) is 0 Å². The van der Waals surface area contributed by atoms with Gasteiger partial charge in [0.1, 0.15) is 0 Å². The molecule has 2 aromatic carbocycles. The average molecular weight is 331 g/mol. The summed E-state index contributed by atoms with van der Waals surface area (Å²) in [6.07, 6.45) is 3.34. The van der Waals surface area contributed by atoms with Gasteiger partial charge in [0.15, 0.2) is 0 Å². The highest BCUT2D eigenvalue weighted by molar-refractivity contribution is 5.94. The van der Waals surface area contributed by atoms with E-state index < -0.39 is 0 Å². The minimum absolute atomic E-state index is 0.128. The van der Waals surface area contributed by atoms with E-state index in [1.165, 1.54) is 5.56 Å². The molecular formula is C21H21N3O. The number of hydrogen-bond acceptors (Lipinski definition) is 3. The number of rotatable bonds is 5. The van der Waals surface area contributed by atoms with Crippen LogP contribution in [0.5, 0.6) is 0 Å². The molecule has 0 fully saturated rings. The molecule has 0 bridgehead atoms. The molecule has 1 aromatic heterocycles. The van der Waals surface area contributed by atoms with Gasteiger partial charge in [-0.2, -0.15) is 0 Å². The number of pyridine rings is 1. The summed E-state index contributed by atoms with van der Waals surface area (Å²) in [6, 6.07) is 20.0. The lowest BCUT2D eigenvalue weighted by molar-refractivity contribution is 0.0950. The van der Waals surface area contributed by atoms with E-state index in [0.717, 1.165) is 16.9 Å². The third-order valence-corrected chi connectivity index (χ3v) is 4.09. The molecule has 25 heavy (non-hydrogen) atoms. The first-order valence-corrected chi connectivity index (χ1v) is 8.21. The van der Waals surface area contributed by atoms with E-state index in [4.69, 9.17) is 0 Å². The Morgan fingerprint density at radius 2 is 1.72 bits per heavy atom. The predicted octanol–water partition coefficient (Wildman–Crippen LogP) is 4.09. The largest absolute Gasteiger partial charge is 0.348 e. The van der Waals surface area contributed by atoms with Crippen LogP contribution < -0.4 is 10.2 Å². The number of para-hydroxylation sites is 1. The Balaban J connectivity index is 1.70. The van der Waals surface area contributed by atoms with Crippen LogP contribution in [0.4, 0.5) is 11.4 Å². The maximum Gasteiger partial charge on any atom is 0.253 e. The number of amides is 1. The van der Waals surface area contributed by atoms with Gasteiger partial charge in [-0.25, -0.2) is 0 Å². The molecule has 1 heterocycles. The highest BCUT2D eigenvalue weighted by Gasteiger charge is 2.10. The molecule has 1 amide bonds. The topological polar surface area (TPSA) is 45.2 Å². The SMILES string of the molecule is Cc1ccc(CNC(=O)c2cncc(N(C)c3ccccc3)c2)cc1. The highest BCUT2D eigenvalue weighted by Crippen LogP contribution is 2.22. The molecule has 0 aliphatic carbocycles. The van der Waals surface area contributed by atoms with Crippen LogP contribution in [0, 0.1) is 6.92 Å². The second kappa shape index (κ2) is 7.62. The molecule has 0 spiro atoms. The first kappa shape index (κ1) is 16.7. The van der Waals surface area contributed by atoms with Gasteiger partial charge >= 0.3 is 0 Å². The summed E-state index contributed by atoms with van der Waals surface area (Å²) in [7, 11) is 1.96. The number of carbonyl (C=O) groups is 1. The number of anilines is 2. The monoisotopic (exact) mass is 331 g/mol. The third-order valence-electron chi connectivity index (χ3n) is 4.09. The van der Waals surface area contributed by atoms with Crippen molar-refractivity contribution in [3.63, 3.8) is 0 Å². The van der Waals surface area contributed by atoms with E-state index >= 15 is 0 Å². The summed E-state index contributed by atoms with van der Waals surface area (Å²) in [5.41, 5.74) is 4.74. The molecule has 4 heteroatoms. The number of aromatic nitrogens is 1. The summed E-state index contributed by atoms with van der Waals surface area (Å²) in [5.74, 6) is -0.128. The lowest BCUT2D eigenvalue weighted by Crippen LogP contribution is -2.23. The molecule has 3 aromatic rings. The van der Waals surface area contributed by atoms with Crippen molar-refractivity contribution in [2.24, 2.45) is 0 Å². The Bertz CT molecular complexity index is 845. The van der Waals surface area contributed by atoms with Crippen molar-refractivity contribution in [2.45, 2.75) is 13.5 Å². The molecular weight excluding hydrogens is 310 g/mol. The Morgan fingerprint density at radius 3 is 2.44 bits per heavy atom. The van der Waals surface area contributed by atoms with Crippen LogP contribution in [-0.4, -0.2) is 17.9 Å². The zero-order valence-corrected chi connectivity index (χ0v) is 14.4. The zero-order valence-electron chi connectivity index (χ0n) is 14.4. The van der Waals surface area contributed by atoms with E-state index in [-0.39, 0.29) is 5.91 Å². The summed E-state index contributed by atoms with van der Waals surface area (Å²) < 4.78 is 0. The summed E-state index contributed by atoms with van der Waals surface area (Å²) in [5, 5.41) is 2.94. The normalized spacial score (nSPS) is 10.3. The van der Waals surface area contributed by atoms with Crippen LogP contribution >= 0.6 is 0 Å². The third kappa shape index (κ3) is 4.23. The molecule has 0 unspecified atom stereocenters. The standard InChI is InChI=1S/C21H21N3O/c1-16-8-10-17(11-9-16)13-23-21(25)18-12-20(15-22-14-18)24(2)19-6-4-3-5-7-19/h3-12,14-15H,13H2,1-2H3,(H,23,25). The fraction of sp³-hybridized carbons (Fsp3) is 0.143. The van der Waals surface area contributed by atoms with Crippen molar-refractivity contribution in [2.75, 3.05) is 11.9 Å². The van der Waals surface area contributed by atoms with Gasteiger partial charge in [-0.05, 0) is 30.7 Å². The highest BCUT2D eigenvalue weighted by atomic mass is 16.1. The van der Waals surface area contributed by atoms with Crippen LogP contribution in [0.1, 0.15) is 21.5 Å². The maximum atomic E-state index is 12.4. The van der Waals surface area contributed by atoms with Crippen molar-refractivity contribution < 1.29 is 4.79 Å². The van der Waals surface area contributed by atoms with E-state index in [2.05, 4.69) is 10.3 Å². The quantitative estimate of drug-likeness (QED) is 0.766. The van der Waals surface area contributed by atoms with E-state index in [9.17, 15) is 4.79 Å². The van der Waals surface area contributed by atoms with Gasteiger partial charge in [0.2, 0.25) is 0 Å². The smallest absolute Gasteiger partial charge is 0.253 e. The van der Waals surface area contributed by atoms with Crippen molar-refractivity contribution in [3.8, 4) is 0 Å². The number of nitrogens with zero attached hydrogens (tertiary/aromatic N) is 2. The van der Waals surface area contributed by atoms with Gasteiger partial charge in [0.25, 0.3) is 5.91 Å². The molecule has 0 aliphatic rings. The number of benzene rings is 2. The van der Waals surface area contributed by atoms with E-state index in [1.54, 1.807) is 12.4 Å². The Labute approximate surface area is 148 Å². The maximum absolute atomic E-state index is 12.4. The van der Waals surface area contributed by atoms with Crippen molar-refractivity contribution in [1.82, 2.24) is 10.3 Å². The van der Waals surface area contributed by atoms with Crippen LogP contribution in [0.15, 0.2) is 73.1 Å². The second-order valence-corrected chi connectivity index (χ2v) is 5.99. The molecule has 0 aliphatic heterocycles. The molecule has 0 saturated carbocycles. The fourth-order valence-corrected chi connectivity index (χ4v) is 2.53. The minimum Gasteiger partial charge on any atom is -0.348 e. The Hall–Kier alpha value is -3.14. The second-order valence-electron chi connectivity index (χ2n) is 5.99. The van der Waals surface area contributed by atoms with E-state index in [0.29, 0.717) is 12.1 Å². The zero-order chi connectivity index (χ0) is 17.6. The number of nitrogens with one attached hydrogen (secondary N) is 1. The van der Waals surface area contributed by atoms with Crippen LogP contribution in [-0.2, 0) is 6.54 Å². The van der Waals surface area contributed by atoms with Gasteiger partial charge in [-0.15, -0.1) is 0 Å². The van der Waals surface area contributed by atoms with Gasteiger partial charge in [-0.1, -0.05) is 48.0 Å². The van der Waals surface area contributed by atoms with Gasteiger partial charge in [0, 0.05) is 25.5 Å². The van der Waals surface area contributed by atoms with Crippen LogP contribution in [0.2, 0.25) is 0 Å². The molecule has 4 nitrogen and oxygen atoms in total. The lowest BCUT2D eigenvalue weighted by Gasteiger charge is -2.19. The molecule has 0 saturated heterocycles. The minimum atomic E-state index is -0.128. The van der Waals surface area contributed by atoms with Crippen molar-refractivity contribution in [1.29, 1.82) is 0 Å². The van der Waals surface area contributed by atoms with Gasteiger partial charge < -0.3 is 10.2 Å². The molecule has 0 radical (unpaired) electrons. The van der Waals surface area contributed by atoms with Crippen molar-refractivity contribution >= 4 is 17.3 Å². The lowest BCUT2D eigenvalue weighted by atomic mass is 10.1. The first-order chi connectivity index (χ1) is 12.1. The number of aryl methyl sites for hydroxylation is 1. The van der Waals surface area contributed by atoms with E-state index in [1.807, 2.05) is 79.5 Å². The number of hydrogen-bond donors (Lipinski definition) is 1. The summed E-state index contributed by atoms with van der Waals surface area (Å²) >= 11 is 0. The predicted molar refractivity (Wildman–Crippen MR) is 101 cm³/mol. The molecule has 0 atom stereocenters. The first-order valence-electron chi connectivity index (χ1n) is 8.21. The summed E-state index contributed by atoms with van der Waals surface area (Å²) in [4.78, 5) is 18.6. The van der Waals surface area contributed by atoms with Gasteiger partial charge in [0.05, 0.1) is 17.4 Å². The molecule has 1 N–H and O–H groups in total. The Kier molecular flexibility index (Phi) is 5.09. The van der Waals surface area contributed by atoms with Gasteiger partial charge in [-0.3, -0.25) is 9.78 Å². The average Bonchev–Trinajstić information content (AvgIpc) is 2.67. The summed E-state index contributed by atoms with van der Waals surface area (Å²) in [6.45, 7) is 2.54. The fourth-order valence-electron chi connectivity index (χ4n) is 2.53. The van der Waals surface area contributed by atoms with Crippen LogP contribution in [0.3, 0.4) is 0 Å². The Morgan fingerprint density at radius 1 is 1.00 bits per heavy atom. The van der Waals surface area contributed by atoms with Crippen molar-refractivity contribution in [3.05, 3.63) is 89.7 Å². The molecule has 126 valence electrons.